The molecule has 0 N–H and O–H groups in total. The van der Waals surface area contributed by atoms with Crippen molar-refractivity contribution in [2.75, 3.05) is 26.2 Å². The van der Waals surface area contributed by atoms with Gasteiger partial charge in [0, 0.05) is 49.5 Å². The first kappa shape index (κ1) is 18.1. The van der Waals surface area contributed by atoms with Crippen LogP contribution in [0.3, 0.4) is 0 Å². The van der Waals surface area contributed by atoms with Crippen LogP contribution >= 0.6 is 0 Å². The average molecular weight is 344 g/mol. The highest BCUT2D eigenvalue weighted by molar-refractivity contribution is 5.17. The van der Waals surface area contributed by atoms with Crippen LogP contribution in [0.4, 0.5) is 4.39 Å². The molecule has 5 heteroatoms. The minimum Gasteiger partial charge on any atom is -0.298 e. The number of halogens is 1. The zero-order valence-electron chi connectivity index (χ0n) is 15.4. The molecule has 2 aromatic rings. The molecule has 0 aliphatic carbocycles. The van der Waals surface area contributed by atoms with E-state index < -0.39 is 0 Å². The lowest BCUT2D eigenvalue weighted by Gasteiger charge is -2.22. The minimum absolute atomic E-state index is 0.0948. The Labute approximate surface area is 150 Å². The van der Waals surface area contributed by atoms with Crippen LogP contribution in [0.1, 0.15) is 36.6 Å². The minimum atomic E-state index is -0.0948. The Hall–Kier alpha value is -1.72. The Morgan fingerprint density at radius 2 is 1.68 bits per heavy atom. The summed E-state index contributed by atoms with van der Waals surface area (Å²) in [7, 11) is 0. The number of aryl methyl sites for hydroxylation is 1. The predicted octanol–water partition coefficient (Wildman–Crippen LogP) is 3.45. The molecule has 25 heavy (non-hydrogen) atoms. The van der Waals surface area contributed by atoms with Gasteiger partial charge < -0.3 is 0 Å². The summed E-state index contributed by atoms with van der Waals surface area (Å²) in [6.07, 6.45) is 4.25. The van der Waals surface area contributed by atoms with Crippen LogP contribution in [0, 0.1) is 12.7 Å². The molecule has 1 fully saturated rings. The summed E-state index contributed by atoms with van der Waals surface area (Å²) in [6, 6.07) is 7.11. The third-order valence-electron chi connectivity index (χ3n) is 5.07. The van der Waals surface area contributed by atoms with Gasteiger partial charge in [-0.3, -0.25) is 14.5 Å². The van der Waals surface area contributed by atoms with E-state index in [-0.39, 0.29) is 5.82 Å². The lowest BCUT2D eigenvalue weighted by Crippen LogP contribution is -2.30. The van der Waals surface area contributed by atoms with Crippen molar-refractivity contribution in [1.29, 1.82) is 0 Å². The Morgan fingerprint density at radius 1 is 1.00 bits per heavy atom. The van der Waals surface area contributed by atoms with Gasteiger partial charge in [0.25, 0.3) is 0 Å². The van der Waals surface area contributed by atoms with Gasteiger partial charge in [-0.15, -0.1) is 0 Å². The van der Waals surface area contributed by atoms with E-state index in [1.807, 2.05) is 18.3 Å². The molecule has 1 aliphatic heterocycles. The molecule has 0 amide bonds. The fourth-order valence-corrected chi connectivity index (χ4v) is 3.53. The van der Waals surface area contributed by atoms with E-state index in [1.54, 1.807) is 12.1 Å². The zero-order chi connectivity index (χ0) is 17.6. The molecule has 0 bridgehead atoms. The van der Waals surface area contributed by atoms with Gasteiger partial charge in [0.05, 0.1) is 6.20 Å². The van der Waals surface area contributed by atoms with E-state index in [0.717, 1.165) is 57.7 Å². The van der Waals surface area contributed by atoms with Crippen molar-refractivity contribution in [3.05, 3.63) is 53.1 Å². The molecular weight excluding hydrogens is 315 g/mol. The van der Waals surface area contributed by atoms with Crippen LogP contribution in [0.15, 0.2) is 30.5 Å². The Kier molecular flexibility index (Phi) is 6.21. The average Bonchev–Trinajstić information content (AvgIpc) is 2.81. The van der Waals surface area contributed by atoms with Gasteiger partial charge in [0.2, 0.25) is 0 Å². The smallest absolute Gasteiger partial charge is 0.127 e. The van der Waals surface area contributed by atoms with Crippen molar-refractivity contribution >= 4 is 0 Å². The van der Waals surface area contributed by atoms with E-state index in [9.17, 15) is 4.39 Å². The fourth-order valence-electron chi connectivity index (χ4n) is 3.53. The van der Waals surface area contributed by atoms with E-state index >= 15 is 0 Å². The Balaban J connectivity index is 1.56. The number of rotatable bonds is 6. The van der Waals surface area contributed by atoms with Gasteiger partial charge in [-0.2, -0.15) is 5.10 Å². The maximum absolute atomic E-state index is 13.9. The topological polar surface area (TPSA) is 24.3 Å². The van der Waals surface area contributed by atoms with Crippen LogP contribution < -0.4 is 0 Å². The second-order valence-corrected chi connectivity index (χ2v) is 6.98. The van der Waals surface area contributed by atoms with Gasteiger partial charge in [-0.25, -0.2) is 4.39 Å². The first-order valence-electron chi connectivity index (χ1n) is 9.36. The molecule has 1 saturated heterocycles. The highest BCUT2D eigenvalue weighted by Crippen LogP contribution is 2.15. The van der Waals surface area contributed by atoms with Crippen LogP contribution in [0.5, 0.6) is 0 Å². The molecule has 4 nitrogen and oxygen atoms in total. The Bertz CT molecular complexity index is 682. The maximum Gasteiger partial charge on any atom is 0.127 e. The van der Waals surface area contributed by atoms with Crippen molar-refractivity contribution in [3.8, 4) is 0 Å². The SMILES string of the molecule is CCCn1ncc(CN2CCCN(Cc3ccccc3F)CC2)c1C. The van der Waals surface area contributed by atoms with Gasteiger partial charge >= 0.3 is 0 Å². The monoisotopic (exact) mass is 344 g/mol. The predicted molar refractivity (Wildman–Crippen MR) is 98.8 cm³/mol. The molecule has 0 radical (unpaired) electrons. The quantitative estimate of drug-likeness (QED) is 0.802. The Morgan fingerprint density at radius 3 is 2.36 bits per heavy atom. The molecule has 3 rings (SSSR count). The zero-order valence-corrected chi connectivity index (χ0v) is 15.4. The van der Waals surface area contributed by atoms with Crippen molar-refractivity contribution < 1.29 is 4.39 Å². The number of benzene rings is 1. The molecule has 0 unspecified atom stereocenters. The molecule has 1 aliphatic rings. The summed E-state index contributed by atoms with van der Waals surface area (Å²) in [4.78, 5) is 4.87. The lowest BCUT2D eigenvalue weighted by molar-refractivity contribution is 0.245. The van der Waals surface area contributed by atoms with Gasteiger partial charge in [-0.1, -0.05) is 25.1 Å². The summed E-state index contributed by atoms with van der Waals surface area (Å²) in [5.74, 6) is -0.0948. The van der Waals surface area contributed by atoms with E-state index in [4.69, 9.17) is 0 Å². The van der Waals surface area contributed by atoms with Crippen LogP contribution in [-0.4, -0.2) is 45.8 Å². The van der Waals surface area contributed by atoms with E-state index in [0.29, 0.717) is 6.54 Å². The molecule has 0 atom stereocenters. The summed E-state index contributed by atoms with van der Waals surface area (Å²) < 4.78 is 16.0. The molecular formula is C20H29FN4. The van der Waals surface area contributed by atoms with Crippen LogP contribution in [0.25, 0.3) is 0 Å². The van der Waals surface area contributed by atoms with E-state index in [2.05, 4.69) is 33.4 Å². The highest BCUT2D eigenvalue weighted by atomic mass is 19.1. The van der Waals surface area contributed by atoms with Gasteiger partial charge in [0.1, 0.15) is 5.82 Å². The maximum atomic E-state index is 13.9. The number of nitrogens with zero attached hydrogens (tertiary/aromatic N) is 4. The number of hydrogen-bond acceptors (Lipinski definition) is 3. The lowest BCUT2D eigenvalue weighted by atomic mass is 10.2. The molecule has 136 valence electrons. The third kappa shape index (κ3) is 4.67. The largest absolute Gasteiger partial charge is 0.298 e. The van der Waals surface area contributed by atoms with Gasteiger partial charge in [-0.05, 0) is 38.9 Å². The number of aromatic nitrogens is 2. The van der Waals surface area contributed by atoms with Crippen LogP contribution in [0.2, 0.25) is 0 Å². The number of hydrogen-bond donors (Lipinski definition) is 0. The molecule has 1 aromatic carbocycles. The molecule has 0 saturated carbocycles. The molecule has 0 spiro atoms. The van der Waals surface area contributed by atoms with Crippen molar-refractivity contribution in [2.45, 2.75) is 46.3 Å². The molecule has 2 heterocycles. The van der Waals surface area contributed by atoms with E-state index in [1.165, 1.54) is 11.3 Å². The highest BCUT2D eigenvalue weighted by Gasteiger charge is 2.17. The standard InChI is InChI=1S/C20H29FN4/c1-3-9-25-17(2)19(14-22-25)16-24-11-6-10-23(12-13-24)15-18-7-4-5-8-20(18)21/h4-5,7-8,14H,3,6,9-13,15-16H2,1-2H3. The summed E-state index contributed by atoms with van der Waals surface area (Å²) in [5.41, 5.74) is 3.41. The third-order valence-corrected chi connectivity index (χ3v) is 5.07. The fraction of sp³-hybridized carbons (Fsp3) is 0.550. The van der Waals surface area contributed by atoms with Crippen molar-refractivity contribution in [1.82, 2.24) is 19.6 Å². The second kappa shape index (κ2) is 8.59. The van der Waals surface area contributed by atoms with Gasteiger partial charge in [0.15, 0.2) is 0 Å². The van der Waals surface area contributed by atoms with Crippen molar-refractivity contribution in [3.63, 3.8) is 0 Å². The first-order chi connectivity index (χ1) is 12.2. The summed E-state index contributed by atoms with van der Waals surface area (Å²) in [5, 5.41) is 4.51. The normalized spacial score (nSPS) is 16.9. The first-order valence-corrected chi connectivity index (χ1v) is 9.36. The van der Waals surface area contributed by atoms with Crippen molar-refractivity contribution in [2.24, 2.45) is 0 Å². The summed E-state index contributed by atoms with van der Waals surface area (Å²) in [6.45, 7) is 11.1. The summed E-state index contributed by atoms with van der Waals surface area (Å²) >= 11 is 0. The van der Waals surface area contributed by atoms with Crippen LogP contribution in [-0.2, 0) is 19.6 Å². The second-order valence-electron chi connectivity index (χ2n) is 6.98. The molecule has 1 aromatic heterocycles.